The molecule has 2 rings (SSSR count). The zero-order valence-electron chi connectivity index (χ0n) is 8.88. The third-order valence-corrected chi connectivity index (χ3v) is 2.35. The first-order valence-electron chi connectivity index (χ1n) is 5.03. The molecule has 2 aromatic rings. The number of carbonyl (C=O) groups is 1. The largest absolute Gasteiger partial charge is 0.298 e. The fraction of sp³-hybridized carbons (Fsp3) is 0.167. The van der Waals surface area contributed by atoms with Crippen LogP contribution in [0.25, 0.3) is 0 Å². The van der Waals surface area contributed by atoms with Gasteiger partial charge in [0.2, 0.25) is 0 Å². The molecular weight excluding hydrogens is 226 g/mol. The second kappa shape index (κ2) is 4.45. The van der Waals surface area contributed by atoms with Gasteiger partial charge in [-0.2, -0.15) is 13.9 Å². The van der Waals surface area contributed by atoms with E-state index < -0.39 is 12.5 Å². The highest BCUT2D eigenvalue weighted by atomic mass is 19.3. The van der Waals surface area contributed by atoms with E-state index in [9.17, 15) is 13.6 Å². The van der Waals surface area contributed by atoms with Gasteiger partial charge in [-0.15, -0.1) is 0 Å². The summed E-state index contributed by atoms with van der Waals surface area (Å²) in [7, 11) is 0. The Morgan fingerprint density at radius 1 is 1.29 bits per heavy atom. The van der Waals surface area contributed by atoms with E-state index in [-0.39, 0.29) is 11.1 Å². The van der Waals surface area contributed by atoms with E-state index in [1.807, 2.05) is 0 Å². The van der Waals surface area contributed by atoms with Crippen LogP contribution >= 0.6 is 0 Å². The number of hydrogen-bond acceptors (Lipinski definition) is 2. The number of aldehydes is 1. The summed E-state index contributed by atoms with van der Waals surface area (Å²) in [5.41, 5.74) is 0.219. The van der Waals surface area contributed by atoms with Gasteiger partial charge in [0.15, 0.2) is 6.29 Å². The molecule has 0 atom stereocenters. The molecule has 0 spiro atoms. The van der Waals surface area contributed by atoms with Crippen molar-refractivity contribution in [1.82, 2.24) is 9.78 Å². The van der Waals surface area contributed by atoms with Crippen LogP contribution in [0.1, 0.15) is 15.9 Å². The monoisotopic (exact) mass is 236 g/mol. The van der Waals surface area contributed by atoms with E-state index in [4.69, 9.17) is 0 Å². The molecule has 3 nitrogen and oxygen atoms in total. The Morgan fingerprint density at radius 3 is 2.59 bits per heavy atom. The van der Waals surface area contributed by atoms with Gasteiger partial charge in [0.25, 0.3) is 5.92 Å². The normalized spacial score (nSPS) is 11.4. The number of halogens is 2. The Labute approximate surface area is 96.7 Å². The van der Waals surface area contributed by atoms with Crippen LogP contribution in [0.2, 0.25) is 0 Å². The average molecular weight is 236 g/mol. The zero-order chi connectivity index (χ0) is 12.3. The van der Waals surface area contributed by atoms with Gasteiger partial charge in [0, 0.05) is 11.8 Å². The average Bonchev–Trinajstić information content (AvgIpc) is 2.77. The first-order chi connectivity index (χ1) is 8.12. The highest BCUT2D eigenvalue weighted by Crippen LogP contribution is 2.29. The Kier molecular flexibility index (Phi) is 2.99. The Hall–Kier alpha value is -2.04. The lowest BCUT2D eigenvalue weighted by atomic mass is 10.1. The van der Waals surface area contributed by atoms with Crippen LogP contribution < -0.4 is 0 Å². The van der Waals surface area contributed by atoms with Gasteiger partial charge in [-0.05, 0) is 0 Å². The van der Waals surface area contributed by atoms with Gasteiger partial charge in [0.05, 0.1) is 11.8 Å². The van der Waals surface area contributed by atoms with Gasteiger partial charge >= 0.3 is 0 Å². The molecular formula is C12H10F2N2O. The summed E-state index contributed by atoms with van der Waals surface area (Å²) in [6.07, 6.45) is 3.13. The predicted octanol–water partition coefficient (Wildman–Crippen LogP) is 2.49. The van der Waals surface area contributed by atoms with E-state index in [0.29, 0.717) is 6.29 Å². The van der Waals surface area contributed by atoms with Crippen LogP contribution in [0.15, 0.2) is 42.7 Å². The van der Waals surface area contributed by atoms with Crippen LogP contribution in [0.4, 0.5) is 8.78 Å². The smallest absolute Gasteiger partial charge is 0.292 e. The van der Waals surface area contributed by atoms with Crippen molar-refractivity contribution in [3.05, 3.63) is 53.9 Å². The van der Waals surface area contributed by atoms with Gasteiger partial charge in [-0.3, -0.25) is 9.48 Å². The molecule has 0 saturated heterocycles. The quantitative estimate of drug-likeness (QED) is 0.764. The molecule has 0 aliphatic rings. The minimum atomic E-state index is -3.01. The maximum Gasteiger partial charge on any atom is 0.292 e. The van der Waals surface area contributed by atoms with Crippen molar-refractivity contribution in [1.29, 1.82) is 0 Å². The SMILES string of the molecule is O=Cc1cnn(CC(F)(F)c2ccccc2)c1. The maximum atomic E-state index is 13.8. The van der Waals surface area contributed by atoms with Crippen molar-refractivity contribution < 1.29 is 13.6 Å². The van der Waals surface area contributed by atoms with E-state index in [1.165, 1.54) is 24.5 Å². The Morgan fingerprint density at radius 2 is 2.00 bits per heavy atom. The van der Waals surface area contributed by atoms with Crippen LogP contribution in [0, 0.1) is 0 Å². The van der Waals surface area contributed by atoms with E-state index in [0.717, 1.165) is 4.68 Å². The lowest BCUT2D eigenvalue weighted by Crippen LogP contribution is -2.21. The van der Waals surface area contributed by atoms with Crippen molar-refractivity contribution in [2.75, 3.05) is 0 Å². The second-order valence-electron chi connectivity index (χ2n) is 3.66. The summed E-state index contributed by atoms with van der Waals surface area (Å²) in [4.78, 5) is 10.4. The summed E-state index contributed by atoms with van der Waals surface area (Å²) in [5.74, 6) is -3.01. The maximum absolute atomic E-state index is 13.8. The number of nitrogens with zero attached hydrogens (tertiary/aromatic N) is 2. The number of hydrogen-bond donors (Lipinski definition) is 0. The van der Waals surface area contributed by atoms with E-state index in [2.05, 4.69) is 5.10 Å². The topological polar surface area (TPSA) is 34.9 Å². The van der Waals surface area contributed by atoms with E-state index >= 15 is 0 Å². The summed E-state index contributed by atoms with van der Waals surface area (Å²) in [6.45, 7) is -0.579. The molecule has 0 bridgehead atoms. The molecule has 88 valence electrons. The molecule has 1 aromatic heterocycles. The third-order valence-electron chi connectivity index (χ3n) is 2.35. The van der Waals surface area contributed by atoms with Crippen molar-refractivity contribution in [2.24, 2.45) is 0 Å². The first kappa shape index (κ1) is 11.4. The fourth-order valence-corrected chi connectivity index (χ4v) is 1.50. The number of alkyl halides is 2. The molecule has 0 amide bonds. The number of rotatable bonds is 4. The number of aromatic nitrogens is 2. The van der Waals surface area contributed by atoms with E-state index in [1.54, 1.807) is 18.2 Å². The molecule has 0 aliphatic carbocycles. The molecule has 0 aliphatic heterocycles. The number of benzene rings is 1. The van der Waals surface area contributed by atoms with Gasteiger partial charge in [-0.25, -0.2) is 0 Å². The number of carbonyl (C=O) groups excluding carboxylic acids is 1. The molecule has 0 saturated carbocycles. The molecule has 0 fully saturated rings. The Balaban J connectivity index is 2.19. The minimum absolute atomic E-state index is 0.0665. The zero-order valence-corrected chi connectivity index (χ0v) is 8.88. The minimum Gasteiger partial charge on any atom is -0.298 e. The standard InChI is InChI=1S/C12H10F2N2O/c13-12(14,11-4-2-1-3-5-11)9-16-7-10(8-17)6-15-16/h1-8H,9H2. The van der Waals surface area contributed by atoms with Crippen LogP contribution in [0.5, 0.6) is 0 Å². The predicted molar refractivity (Wildman–Crippen MR) is 58.0 cm³/mol. The molecule has 0 unspecified atom stereocenters. The van der Waals surface area contributed by atoms with Crippen LogP contribution in [0.3, 0.4) is 0 Å². The molecule has 1 aromatic carbocycles. The Bertz CT molecular complexity index is 508. The van der Waals surface area contributed by atoms with Gasteiger partial charge < -0.3 is 0 Å². The van der Waals surface area contributed by atoms with Gasteiger partial charge in [0.1, 0.15) is 6.54 Å². The van der Waals surface area contributed by atoms with Crippen LogP contribution in [-0.4, -0.2) is 16.1 Å². The van der Waals surface area contributed by atoms with Crippen molar-refractivity contribution in [3.63, 3.8) is 0 Å². The summed E-state index contributed by atoms with van der Waals surface area (Å²) >= 11 is 0. The lowest BCUT2D eigenvalue weighted by Gasteiger charge is -2.16. The highest BCUT2D eigenvalue weighted by molar-refractivity contribution is 5.73. The summed E-state index contributed by atoms with van der Waals surface area (Å²) < 4.78 is 28.7. The lowest BCUT2D eigenvalue weighted by molar-refractivity contribution is -0.0254. The molecule has 5 heteroatoms. The second-order valence-corrected chi connectivity index (χ2v) is 3.66. The first-order valence-corrected chi connectivity index (χ1v) is 5.03. The molecule has 0 radical (unpaired) electrons. The fourth-order valence-electron chi connectivity index (χ4n) is 1.50. The summed E-state index contributed by atoms with van der Waals surface area (Å²) in [6, 6.07) is 7.53. The third kappa shape index (κ3) is 2.55. The molecule has 1 heterocycles. The van der Waals surface area contributed by atoms with Crippen molar-refractivity contribution >= 4 is 6.29 Å². The van der Waals surface area contributed by atoms with Crippen molar-refractivity contribution in [3.8, 4) is 0 Å². The van der Waals surface area contributed by atoms with Gasteiger partial charge in [-0.1, -0.05) is 30.3 Å². The highest BCUT2D eigenvalue weighted by Gasteiger charge is 2.32. The van der Waals surface area contributed by atoms with Crippen molar-refractivity contribution in [2.45, 2.75) is 12.5 Å². The van der Waals surface area contributed by atoms with Crippen LogP contribution in [-0.2, 0) is 12.5 Å². The molecule has 17 heavy (non-hydrogen) atoms. The summed E-state index contributed by atoms with van der Waals surface area (Å²) in [5, 5.41) is 3.70. The molecule has 0 N–H and O–H groups in total.